The van der Waals surface area contributed by atoms with Gasteiger partial charge in [-0.25, -0.2) is 19.6 Å². The predicted octanol–water partition coefficient (Wildman–Crippen LogP) is 8.20. The molecule has 8 aliphatic heterocycles. The summed E-state index contributed by atoms with van der Waals surface area (Å²) in [6.07, 6.45) is -9.55. The van der Waals surface area contributed by atoms with E-state index in [-0.39, 0.29) is 68.6 Å². The van der Waals surface area contributed by atoms with Crippen LogP contribution in [0, 0.1) is 35.5 Å². The summed E-state index contributed by atoms with van der Waals surface area (Å²) in [5.41, 5.74) is -3.86. The molecule has 0 radical (unpaired) electrons. The van der Waals surface area contributed by atoms with Crippen LogP contribution < -0.4 is 0 Å². The van der Waals surface area contributed by atoms with Gasteiger partial charge in [0.15, 0.2) is 22.8 Å². The van der Waals surface area contributed by atoms with E-state index in [1.165, 1.54) is 0 Å². The monoisotopic (exact) mass is 764 g/mol. The highest BCUT2D eigenvalue weighted by Gasteiger charge is 2.72. The van der Waals surface area contributed by atoms with Crippen LogP contribution in [0.3, 0.4) is 0 Å². The summed E-state index contributed by atoms with van der Waals surface area (Å²) in [4.78, 5) is 50.8. The fourth-order valence-corrected chi connectivity index (χ4v) is 10.9. The van der Waals surface area contributed by atoms with Crippen molar-refractivity contribution in [2.75, 3.05) is 0 Å². The number of halogens is 6. The van der Waals surface area contributed by atoms with Crippen molar-refractivity contribution in [3.8, 4) is 0 Å². The number of ether oxygens (including phenoxy) is 4. The lowest BCUT2D eigenvalue weighted by Gasteiger charge is -2.57. The molecule has 8 fully saturated rings. The minimum Gasteiger partial charge on any atom is -0.456 e. The first-order valence-electron chi connectivity index (χ1n) is 18.9. The minimum absolute atomic E-state index is 0.0507. The molecule has 0 aromatic heterocycles. The van der Waals surface area contributed by atoms with Crippen LogP contribution in [0.2, 0.25) is 0 Å². The lowest BCUT2D eigenvalue weighted by atomic mass is 9.58. The molecule has 2 unspecified atom stereocenters. The Hall–Kier alpha value is -2.24. The Morgan fingerprint density at radius 3 is 1.38 bits per heavy atom. The maximum atomic E-state index is 14.6. The van der Waals surface area contributed by atoms with Gasteiger partial charge in [-0.05, 0) is 77.0 Å². The number of rotatable bonds is 8. The summed E-state index contributed by atoms with van der Waals surface area (Å²) in [6, 6.07) is 0. The van der Waals surface area contributed by atoms with Gasteiger partial charge in [0.1, 0.15) is 0 Å². The van der Waals surface area contributed by atoms with Gasteiger partial charge in [0.2, 0.25) is 35.7 Å². The molecule has 2 aliphatic carbocycles. The van der Waals surface area contributed by atoms with E-state index in [0.717, 1.165) is 0 Å². The third kappa shape index (κ3) is 5.81. The van der Waals surface area contributed by atoms with Crippen molar-refractivity contribution in [1.82, 2.24) is 0 Å². The van der Waals surface area contributed by atoms with Gasteiger partial charge < -0.3 is 18.9 Å². The largest absolute Gasteiger partial charge is 0.456 e. The van der Waals surface area contributed by atoms with Crippen LogP contribution in [0.1, 0.15) is 111 Å². The van der Waals surface area contributed by atoms with E-state index >= 15 is 0 Å². The van der Waals surface area contributed by atoms with E-state index in [4.69, 9.17) is 38.5 Å². The average Bonchev–Trinajstić information content (AvgIpc) is 3.46. The van der Waals surface area contributed by atoms with Crippen LogP contribution in [-0.2, 0) is 48.1 Å². The zero-order valence-corrected chi connectivity index (χ0v) is 30.2. The number of carbonyl (C=O) groups is 2. The summed E-state index contributed by atoms with van der Waals surface area (Å²) >= 11 is 0. The fourth-order valence-electron chi connectivity index (χ4n) is 10.9. The zero-order valence-electron chi connectivity index (χ0n) is 30.2. The standard InChI is InChI=1S/C37H46F6O10/c1-18-10-12-22-26(28(36(38,39)40)46-30-34(22)20(18)14-16-32(3,48-30)50-52-34)24(44)8-6-5-7-9-25(45)27-23-13-11-19(2)21-15-17-33(4)49-31(35(21,23)53-51-33)47-29(27)37(41,42)43/h18-23,30-31H,5-17H2,1-4H3/t18-,19-,20?,21?,22+,23+,30-,31-,32-,33-,34-,35-/m1/s1. The summed E-state index contributed by atoms with van der Waals surface area (Å²) in [5.74, 6) is -9.33. The topological polar surface area (TPSA) is 108 Å². The summed E-state index contributed by atoms with van der Waals surface area (Å²) in [7, 11) is 0. The summed E-state index contributed by atoms with van der Waals surface area (Å²) in [6.45, 7) is 7.17. The van der Waals surface area contributed by atoms with Gasteiger partial charge >= 0.3 is 12.4 Å². The van der Waals surface area contributed by atoms with Crippen LogP contribution in [0.25, 0.3) is 0 Å². The summed E-state index contributed by atoms with van der Waals surface area (Å²) < 4.78 is 110. The highest BCUT2D eigenvalue weighted by atomic mass is 19.4. The van der Waals surface area contributed by atoms with Crippen molar-refractivity contribution in [1.29, 1.82) is 0 Å². The average molecular weight is 765 g/mol. The number of unbranched alkanes of at least 4 members (excludes halogenated alkanes) is 2. The molecule has 4 bridgehead atoms. The molecule has 10 aliphatic rings. The highest BCUT2D eigenvalue weighted by molar-refractivity contribution is 5.97. The van der Waals surface area contributed by atoms with Crippen LogP contribution in [-0.4, -0.2) is 59.3 Å². The number of hydrogen-bond donors (Lipinski definition) is 0. The second kappa shape index (κ2) is 12.6. The Morgan fingerprint density at radius 2 is 1.00 bits per heavy atom. The summed E-state index contributed by atoms with van der Waals surface area (Å²) in [5, 5.41) is 0. The molecule has 0 aromatic carbocycles. The van der Waals surface area contributed by atoms with Gasteiger partial charge in [0, 0.05) is 60.5 Å². The smallest absolute Gasteiger partial charge is 0.449 e. The van der Waals surface area contributed by atoms with Crippen molar-refractivity contribution >= 4 is 11.6 Å². The quantitative estimate of drug-likeness (QED) is 0.136. The molecule has 10 nitrogen and oxygen atoms in total. The molecular formula is C37H46F6O10. The van der Waals surface area contributed by atoms with Crippen LogP contribution >= 0.6 is 0 Å². The van der Waals surface area contributed by atoms with E-state index < -0.39 is 93.8 Å². The zero-order chi connectivity index (χ0) is 37.9. The van der Waals surface area contributed by atoms with Gasteiger partial charge in [0.25, 0.3) is 0 Å². The Kier molecular flexibility index (Phi) is 8.98. The lowest BCUT2D eigenvalue weighted by Crippen LogP contribution is -2.67. The predicted molar refractivity (Wildman–Crippen MR) is 167 cm³/mol. The second-order valence-electron chi connectivity index (χ2n) is 16.8. The second-order valence-corrected chi connectivity index (χ2v) is 16.8. The van der Waals surface area contributed by atoms with Crippen molar-refractivity contribution in [2.24, 2.45) is 35.5 Å². The molecular weight excluding hydrogens is 718 g/mol. The van der Waals surface area contributed by atoms with Crippen molar-refractivity contribution in [2.45, 2.75) is 159 Å². The highest BCUT2D eigenvalue weighted by Crippen LogP contribution is 2.63. The molecule has 6 saturated heterocycles. The van der Waals surface area contributed by atoms with Crippen molar-refractivity contribution in [3.63, 3.8) is 0 Å². The van der Waals surface area contributed by atoms with E-state index in [0.29, 0.717) is 38.5 Å². The molecule has 8 heterocycles. The Balaban J connectivity index is 0.987. The number of allylic oxidation sites excluding steroid dienone is 2. The fraction of sp³-hybridized carbons (Fsp3) is 0.838. The first kappa shape index (κ1) is 37.7. The van der Waals surface area contributed by atoms with E-state index in [1.807, 2.05) is 13.8 Å². The third-order valence-corrected chi connectivity index (χ3v) is 13.5. The molecule has 0 amide bonds. The molecule has 2 saturated carbocycles. The van der Waals surface area contributed by atoms with Gasteiger partial charge in [-0.3, -0.25) is 9.59 Å². The number of hydrogen-bond acceptors (Lipinski definition) is 10. The number of carbonyl (C=O) groups excluding carboxylic acids is 2. The first-order chi connectivity index (χ1) is 24.8. The Bertz CT molecular complexity index is 1480. The maximum absolute atomic E-state index is 14.6. The molecule has 10 rings (SSSR count). The minimum atomic E-state index is -4.98. The van der Waals surface area contributed by atoms with E-state index in [1.54, 1.807) is 13.8 Å². The number of Topliss-reactive ketones (excluding diaryl/α,β-unsaturated/α-hetero) is 2. The lowest BCUT2D eigenvalue weighted by molar-refractivity contribution is -0.557. The Morgan fingerprint density at radius 1 is 0.604 bits per heavy atom. The number of alkyl halides is 6. The third-order valence-electron chi connectivity index (χ3n) is 13.5. The maximum Gasteiger partial charge on any atom is 0.449 e. The molecule has 0 aromatic rings. The number of fused-ring (bicyclic) bond motifs is 4. The SMILES string of the molecule is C[C@@H]1CC[C@H]2C(C(=O)CCCCCC(=O)C3=C(C(F)(F)F)O[C@@H]4O[C@@]5(C)CCC6[C@H](C)CC[C@@H]3[C@]64OO5)=C(C(F)(F)F)O[C@@H]3O[C@@]4(C)CCC1[C@]32OO4. The molecule has 12 atom stereocenters. The van der Waals surface area contributed by atoms with Crippen molar-refractivity contribution < 1.29 is 74.4 Å². The molecule has 0 N–H and O–H groups in total. The van der Waals surface area contributed by atoms with Gasteiger partial charge in [-0.2, -0.15) is 26.3 Å². The Labute approximate surface area is 303 Å². The van der Waals surface area contributed by atoms with Gasteiger partial charge in [0.05, 0.1) is 0 Å². The normalized spacial score (nSPS) is 44.7. The molecule has 2 spiro atoms. The van der Waals surface area contributed by atoms with E-state index in [2.05, 4.69) is 0 Å². The first-order valence-corrected chi connectivity index (χ1v) is 18.9. The van der Waals surface area contributed by atoms with Gasteiger partial charge in [-0.1, -0.05) is 20.3 Å². The molecule has 296 valence electrons. The van der Waals surface area contributed by atoms with Crippen LogP contribution in [0.5, 0.6) is 0 Å². The number of ketones is 2. The van der Waals surface area contributed by atoms with Gasteiger partial charge in [-0.15, -0.1) is 0 Å². The van der Waals surface area contributed by atoms with Crippen LogP contribution in [0.15, 0.2) is 22.7 Å². The molecule has 53 heavy (non-hydrogen) atoms. The molecule has 16 heteroatoms. The van der Waals surface area contributed by atoms with Crippen LogP contribution in [0.4, 0.5) is 26.3 Å². The van der Waals surface area contributed by atoms with E-state index in [9.17, 15) is 35.9 Å². The van der Waals surface area contributed by atoms with Crippen molar-refractivity contribution in [3.05, 3.63) is 22.7 Å².